The van der Waals surface area contributed by atoms with Crippen LogP contribution in [0.2, 0.25) is 0 Å². The Kier molecular flexibility index (Phi) is 4.66. The smallest absolute Gasteiger partial charge is 0.104 e. The number of benzene rings is 1. The Morgan fingerprint density at radius 3 is 2.72 bits per heavy atom. The van der Waals surface area contributed by atoms with E-state index in [9.17, 15) is 15.3 Å². The Balaban J connectivity index is 1.36. The largest absolute Gasteiger partial charge is 0.390 e. The average molecular weight is 432 g/mol. The molecule has 7 atom stereocenters. The first-order valence-electron chi connectivity index (χ1n) is 12.2. The van der Waals surface area contributed by atoms with Crippen molar-refractivity contribution in [1.82, 2.24) is 4.98 Å². The zero-order valence-corrected chi connectivity index (χ0v) is 18.7. The lowest BCUT2D eigenvalue weighted by atomic mass is 9.60. The van der Waals surface area contributed by atoms with Gasteiger partial charge >= 0.3 is 0 Å². The first-order chi connectivity index (χ1) is 15.4. The molecule has 3 N–H and O–H groups in total. The SMILES string of the molecule is CC12CC=C3C=C4C(O)C(O)CCC4(O)CCC3C1CCC2c1ccc2ccncc2c1. The topological polar surface area (TPSA) is 73.6 Å². The highest BCUT2D eigenvalue weighted by molar-refractivity contribution is 5.82. The van der Waals surface area contributed by atoms with Crippen LogP contribution in [0.3, 0.4) is 0 Å². The zero-order chi connectivity index (χ0) is 22.1. The number of nitrogens with zero attached hydrogens (tertiary/aromatic N) is 1. The van der Waals surface area contributed by atoms with Crippen LogP contribution in [0.25, 0.3) is 10.8 Å². The van der Waals surface area contributed by atoms with E-state index in [4.69, 9.17) is 0 Å². The molecule has 7 unspecified atom stereocenters. The summed E-state index contributed by atoms with van der Waals surface area (Å²) in [5, 5.41) is 34.7. The van der Waals surface area contributed by atoms with Crippen LogP contribution in [0, 0.1) is 17.3 Å². The minimum absolute atomic E-state index is 0.193. The third-order valence-electron chi connectivity index (χ3n) is 9.43. The first-order valence-corrected chi connectivity index (χ1v) is 12.2. The number of fused-ring (bicyclic) bond motifs is 5. The van der Waals surface area contributed by atoms with E-state index in [0.717, 1.165) is 12.8 Å². The summed E-state index contributed by atoms with van der Waals surface area (Å²) in [6.07, 6.45) is 12.5. The van der Waals surface area contributed by atoms with Gasteiger partial charge < -0.3 is 15.3 Å². The molecule has 0 spiro atoms. The summed E-state index contributed by atoms with van der Waals surface area (Å²) < 4.78 is 0. The summed E-state index contributed by atoms with van der Waals surface area (Å²) in [6.45, 7) is 2.47. The number of hydrogen-bond donors (Lipinski definition) is 3. The fourth-order valence-electron chi connectivity index (χ4n) is 7.58. The van der Waals surface area contributed by atoms with E-state index in [1.54, 1.807) is 0 Å². The lowest BCUT2D eigenvalue weighted by Crippen LogP contribution is -2.47. The minimum Gasteiger partial charge on any atom is -0.390 e. The summed E-state index contributed by atoms with van der Waals surface area (Å²) in [4.78, 5) is 4.32. The molecule has 2 saturated carbocycles. The van der Waals surface area contributed by atoms with Crippen LogP contribution in [0.5, 0.6) is 0 Å². The number of aliphatic hydroxyl groups is 3. The molecular weight excluding hydrogens is 398 g/mol. The van der Waals surface area contributed by atoms with Crippen molar-refractivity contribution in [3.05, 3.63) is 65.5 Å². The van der Waals surface area contributed by atoms with Gasteiger partial charge in [0.15, 0.2) is 0 Å². The quantitative estimate of drug-likeness (QED) is 0.615. The van der Waals surface area contributed by atoms with Gasteiger partial charge in [-0.15, -0.1) is 0 Å². The maximum atomic E-state index is 11.4. The molecule has 4 heteroatoms. The van der Waals surface area contributed by atoms with Crippen molar-refractivity contribution in [3.8, 4) is 0 Å². The summed E-state index contributed by atoms with van der Waals surface area (Å²) >= 11 is 0. The van der Waals surface area contributed by atoms with Gasteiger partial charge in [0.1, 0.15) is 6.10 Å². The average Bonchev–Trinajstić information content (AvgIpc) is 3.07. The van der Waals surface area contributed by atoms with Crippen LogP contribution in [-0.4, -0.2) is 38.1 Å². The summed E-state index contributed by atoms with van der Waals surface area (Å²) in [5.74, 6) is 1.50. The molecule has 4 nitrogen and oxygen atoms in total. The van der Waals surface area contributed by atoms with Crippen molar-refractivity contribution < 1.29 is 15.3 Å². The zero-order valence-electron chi connectivity index (χ0n) is 18.7. The normalized spacial score (nSPS) is 41.2. The van der Waals surface area contributed by atoms with Gasteiger partial charge in [-0.25, -0.2) is 0 Å². The molecule has 0 radical (unpaired) electrons. The molecule has 1 aromatic carbocycles. The second-order valence-corrected chi connectivity index (χ2v) is 11.0. The van der Waals surface area contributed by atoms with Crippen LogP contribution in [0.4, 0.5) is 0 Å². The van der Waals surface area contributed by atoms with E-state index >= 15 is 0 Å². The number of hydrogen-bond acceptors (Lipinski definition) is 4. The number of aromatic nitrogens is 1. The highest BCUT2D eigenvalue weighted by Crippen LogP contribution is 2.62. The number of rotatable bonds is 1. The monoisotopic (exact) mass is 431 g/mol. The van der Waals surface area contributed by atoms with Gasteiger partial charge in [0.05, 0.1) is 11.7 Å². The van der Waals surface area contributed by atoms with Crippen molar-refractivity contribution in [2.24, 2.45) is 17.3 Å². The fraction of sp³-hybridized carbons (Fsp3) is 0.536. The molecular formula is C28H33NO3. The maximum Gasteiger partial charge on any atom is 0.104 e. The molecule has 4 aliphatic rings. The van der Waals surface area contributed by atoms with Crippen LogP contribution in [0.15, 0.2) is 60.0 Å². The molecule has 0 aliphatic heterocycles. The predicted octanol–water partition coefficient (Wildman–Crippen LogP) is 4.65. The number of allylic oxidation sites excluding steroid dienone is 3. The molecule has 1 aromatic heterocycles. The van der Waals surface area contributed by atoms with Crippen molar-refractivity contribution in [2.45, 2.75) is 75.6 Å². The second kappa shape index (κ2) is 7.24. The highest BCUT2D eigenvalue weighted by atomic mass is 16.3. The van der Waals surface area contributed by atoms with E-state index < -0.39 is 17.8 Å². The van der Waals surface area contributed by atoms with Gasteiger partial charge in [0, 0.05) is 17.8 Å². The van der Waals surface area contributed by atoms with Gasteiger partial charge in [0.25, 0.3) is 0 Å². The molecule has 1 heterocycles. The highest BCUT2D eigenvalue weighted by Gasteiger charge is 2.54. The van der Waals surface area contributed by atoms with Crippen LogP contribution in [0.1, 0.15) is 63.4 Å². The van der Waals surface area contributed by atoms with Crippen LogP contribution in [-0.2, 0) is 0 Å². The maximum absolute atomic E-state index is 11.4. The molecule has 4 aliphatic carbocycles. The molecule has 0 bridgehead atoms. The van der Waals surface area contributed by atoms with Crippen molar-refractivity contribution in [3.63, 3.8) is 0 Å². The van der Waals surface area contributed by atoms with Crippen LogP contribution >= 0.6 is 0 Å². The Hall–Kier alpha value is -2.01. The van der Waals surface area contributed by atoms with Crippen LogP contribution < -0.4 is 0 Å². The van der Waals surface area contributed by atoms with E-state index in [2.05, 4.69) is 48.3 Å². The summed E-state index contributed by atoms with van der Waals surface area (Å²) in [7, 11) is 0. The molecule has 2 aromatic rings. The van der Waals surface area contributed by atoms with Crippen molar-refractivity contribution >= 4 is 10.8 Å². The van der Waals surface area contributed by atoms with Gasteiger partial charge in [-0.1, -0.05) is 31.2 Å². The van der Waals surface area contributed by atoms with E-state index in [0.29, 0.717) is 42.6 Å². The Morgan fingerprint density at radius 1 is 1.00 bits per heavy atom. The van der Waals surface area contributed by atoms with E-state index in [-0.39, 0.29) is 5.41 Å². The minimum atomic E-state index is -0.976. The lowest BCUT2D eigenvalue weighted by Gasteiger charge is -2.44. The second-order valence-electron chi connectivity index (χ2n) is 11.0. The van der Waals surface area contributed by atoms with Gasteiger partial charge in [-0.05, 0) is 102 Å². The van der Waals surface area contributed by atoms with Crippen molar-refractivity contribution in [1.29, 1.82) is 0 Å². The molecule has 32 heavy (non-hydrogen) atoms. The summed E-state index contributed by atoms with van der Waals surface area (Å²) in [6, 6.07) is 8.95. The fourth-order valence-corrected chi connectivity index (χ4v) is 7.58. The van der Waals surface area contributed by atoms with Crippen molar-refractivity contribution in [2.75, 3.05) is 0 Å². The molecule has 2 fully saturated rings. The molecule has 0 saturated heterocycles. The van der Waals surface area contributed by atoms with E-state index in [1.807, 2.05) is 12.4 Å². The third-order valence-corrected chi connectivity index (χ3v) is 9.43. The number of pyridine rings is 1. The van der Waals surface area contributed by atoms with Gasteiger partial charge in [-0.3, -0.25) is 4.98 Å². The lowest BCUT2D eigenvalue weighted by molar-refractivity contribution is -0.0546. The Labute approximate surface area is 189 Å². The summed E-state index contributed by atoms with van der Waals surface area (Å²) in [5.41, 5.74) is 2.56. The van der Waals surface area contributed by atoms with Gasteiger partial charge in [0.2, 0.25) is 0 Å². The first kappa shape index (κ1) is 20.6. The van der Waals surface area contributed by atoms with Gasteiger partial charge in [-0.2, -0.15) is 0 Å². The predicted molar refractivity (Wildman–Crippen MR) is 125 cm³/mol. The Morgan fingerprint density at radius 2 is 1.84 bits per heavy atom. The van der Waals surface area contributed by atoms with E-state index in [1.165, 1.54) is 34.8 Å². The standard InChI is InChI=1S/C28H33NO3/c1-27-10-6-18-15-24-26(31)25(30)8-12-28(24,32)11-7-21(18)23(27)5-4-22(27)19-3-2-17-9-13-29-16-20(17)14-19/h2-3,6,9,13-16,21-23,25-26,30-32H,4-5,7-8,10-12H2,1H3. The molecule has 0 amide bonds. The number of aliphatic hydroxyl groups excluding tert-OH is 2. The molecule has 168 valence electrons. The third kappa shape index (κ3) is 2.96. The molecule has 6 rings (SSSR count). The Bertz CT molecular complexity index is 1120.